The Bertz CT molecular complexity index is 380. The van der Waals surface area contributed by atoms with Crippen molar-refractivity contribution in [2.24, 2.45) is 5.73 Å². The van der Waals surface area contributed by atoms with Gasteiger partial charge >= 0.3 is 0 Å². The Morgan fingerprint density at radius 3 is 2.59 bits per heavy atom. The van der Waals surface area contributed by atoms with Gasteiger partial charge in [-0.3, -0.25) is 0 Å². The zero-order valence-electron chi connectivity index (χ0n) is 10.5. The maximum absolute atomic E-state index is 13.5. The third kappa shape index (κ3) is 3.75. The summed E-state index contributed by atoms with van der Waals surface area (Å²) in [5.41, 5.74) is 5.78. The summed E-state index contributed by atoms with van der Waals surface area (Å²) in [6.07, 6.45) is 1.22. The fourth-order valence-electron chi connectivity index (χ4n) is 1.57. The van der Waals surface area contributed by atoms with Gasteiger partial charge in [0.05, 0.1) is 5.60 Å². The molecule has 1 rings (SSSR count). The molecule has 1 unspecified atom stereocenters. The van der Waals surface area contributed by atoms with Gasteiger partial charge in [0.1, 0.15) is 0 Å². The summed E-state index contributed by atoms with van der Waals surface area (Å²) < 4.78 is 31.7. The summed E-state index contributed by atoms with van der Waals surface area (Å²) in [4.78, 5) is 0. The highest BCUT2D eigenvalue weighted by Crippen LogP contribution is 2.25. The fraction of sp³-hybridized carbons (Fsp3) is 0.538. The molecule has 17 heavy (non-hydrogen) atoms. The molecule has 0 saturated heterocycles. The zero-order chi connectivity index (χ0) is 13.1. The Balaban J connectivity index is 2.71. The van der Waals surface area contributed by atoms with Crippen molar-refractivity contribution in [3.63, 3.8) is 0 Å². The lowest BCUT2D eigenvalue weighted by Crippen LogP contribution is -2.25. The predicted octanol–water partition coefficient (Wildman–Crippen LogP) is 3.17. The van der Waals surface area contributed by atoms with Crippen LogP contribution in [-0.2, 0) is 4.74 Å². The summed E-state index contributed by atoms with van der Waals surface area (Å²) >= 11 is 0. The number of hydrogen-bond acceptors (Lipinski definition) is 2. The molecule has 96 valence electrons. The normalized spacial score (nSPS) is 13.8. The van der Waals surface area contributed by atoms with Crippen molar-refractivity contribution in [3.8, 4) is 0 Å². The molecule has 0 amide bonds. The summed E-state index contributed by atoms with van der Waals surface area (Å²) in [5, 5.41) is 0. The van der Waals surface area contributed by atoms with Crippen LogP contribution >= 0.6 is 0 Å². The first kappa shape index (κ1) is 14.1. The van der Waals surface area contributed by atoms with Gasteiger partial charge in [-0.2, -0.15) is 0 Å². The van der Waals surface area contributed by atoms with E-state index >= 15 is 0 Å². The molecular formula is C13H19F2NO. The molecule has 0 aliphatic rings. The number of rotatable bonds is 5. The predicted molar refractivity (Wildman–Crippen MR) is 63.6 cm³/mol. The van der Waals surface area contributed by atoms with Gasteiger partial charge in [-0.15, -0.1) is 0 Å². The molecule has 0 fully saturated rings. The lowest BCUT2D eigenvalue weighted by atomic mass is 9.95. The van der Waals surface area contributed by atoms with Crippen LogP contribution in [0.2, 0.25) is 0 Å². The van der Waals surface area contributed by atoms with Crippen molar-refractivity contribution in [3.05, 3.63) is 35.4 Å². The van der Waals surface area contributed by atoms with E-state index in [1.54, 1.807) is 7.11 Å². The van der Waals surface area contributed by atoms with Crippen LogP contribution in [0.1, 0.15) is 38.3 Å². The molecule has 1 aromatic carbocycles. The highest BCUT2D eigenvalue weighted by Gasteiger charge is 2.20. The van der Waals surface area contributed by atoms with Crippen LogP contribution in [0.3, 0.4) is 0 Å². The van der Waals surface area contributed by atoms with E-state index in [2.05, 4.69) is 0 Å². The third-order valence-corrected chi connectivity index (χ3v) is 2.99. The second kappa shape index (κ2) is 5.56. The third-order valence-electron chi connectivity index (χ3n) is 2.99. The van der Waals surface area contributed by atoms with Gasteiger partial charge < -0.3 is 10.5 Å². The molecule has 1 atom stereocenters. The standard InChI is InChI=1S/C13H19F2NO/c1-13(2,17-3)8-7-11(16)9-5-4-6-10(14)12(9)15/h4-6,11H,7-8,16H2,1-3H3. The minimum Gasteiger partial charge on any atom is -0.379 e. The van der Waals surface area contributed by atoms with Gasteiger partial charge in [-0.1, -0.05) is 12.1 Å². The topological polar surface area (TPSA) is 35.2 Å². The molecule has 0 saturated carbocycles. The van der Waals surface area contributed by atoms with Crippen LogP contribution < -0.4 is 5.73 Å². The van der Waals surface area contributed by atoms with Crippen molar-refractivity contribution in [1.82, 2.24) is 0 Å². The van der Waals surface area contributed by atoms with Crippen LogP contribution in [0.5, 0.6) is 0 Å². The van der Waals surface area contributed by atoms with Crippen LogP contribution in [0.4, 0.5) is 8.78 Å². The van der Waals surface area contributed by atoms with Gasteiger partial charge in [0.15, 0.2) is 11.6 Å². The monoisotopic (exact) mass is 243 g/mol. The maximum Gasteiger partial charge on any atom is 0.163 e. The number of methoxy groups -OCH3 is 1. The average molecular weight is 243 g/mol. The van der Waals surface area contributed by atoms with Crippen molar-refractivity contribution in [2.45, 2.75) is 38.3 Å². The van der Waals surface area contributed by atoms with Crippen LogP contribution in [0.15, 0.2) is 18.2 Å². The summed E-state index contributed by atoms with van der Waals surface area (Å²) in [6, 6.07) is 3.56. The zero-order valence-corrected chi connectivity index (χ0v) is 10.5. The second-order valence-electron chi connectivity index (χ2n) is 4.75. The minimum atomic E-state index is -0.857. The Kier molecular flexibility index (Phi) is 4.60. The fourth-order valence-corrected chi connectivity index (χ4v) is 1.57. The molecule has 0 aliphatic heterocycles. The molecule has 4 heteroatoms. The van der Waals surface area contributed by atoms with Crippen LogP contribution in [0, 0.1) is 11.6 Å². The summed E-state index contributed by atoms with van der Waals surface area (Å²) in [6.45, 7) is 3.86. The van der Waals surface area contributed by atoms with E-state index in [1.807, 2.05) is 13.8 Å². The number of hydrogen-bond donors (Lipinski definition) is 1. The van der Waals surface area contributed by atoms with E-state index in [-0.39, 0.29) is 11.2 Å². The van der Waals surface area contributed by atoms with E-state index in [4.69, 9.17) is 10.5 Å². The number of halogens is 2. The van der Waals surface area contributed by atoms with E-state index in [0.29, 0.717) is 12.8 Å². The largest absolute Gasteiger partial charge is 0.379 e. The van der Waals surface area contributed by atoms with Gasteiger partial charge in [-0.25, -0.2) is 8.78 Å². The smallest absolute Gasteiger partial charge is 0.163 e. The maximum atomic E-state index is 13.5. The van der Waals surface area contributed by atoms with Crippen molar-refractivity contribution in [1.29, 1.82) is 0 Å². The first-order chi connectivity index (χ1) is 7.87. The van der Waals surface area contributed by atoms with Crippen molar-refractivity contribution < 1.29 is 13.5 Å². The Morgan fingerprint density at radius 2 is 2.00 bits per heavy atom. The van der Waals surface area contributed by atoms with Crippen molar-refractivity contribution >= 4 is 0 Å². The van der Waals surface area contributed by atoms with Crippen LogP contribution in [-0.4, -0.2) is 12.7 Å². The van der Waals surface area contributed by atoms with Gasteiger partial charge in [0.2, 0.25) is 0 Å². The lowest BCUT2D eigenvalue weighted by molar-refractivity contribution is 0.0124. The highest BCUT2D eigenvalue weighted by atomic mass is 19.2. The van der Waals surface area contributed by atoms with E-state index < -0.39 is 17.7 Å². The van der Waals surface area contributed by atoms with Crippen LogP contribution in [0.25, 0.3) is 0 Å². The van der Waals surface area contributed by atoms with Crippen molar-refractivity contribution in [2.75, 3.05) is 7.11 Å². The molecule has 0 heterocycles. The average Bonchev–Trinajstić information content (AvgIpc) is 2.30. The molecule has 2 nitrogen and oxygen atoms in total. The number of ether oxygens (including phenoxy) is 1. The quantitative estimate of drug-likeness (QED) is 0.862. The van der Waals surface area contributed by atoms with E-state index in [0.717, 1.165) is 6.07 Å². The molecular weight excluding hydrogens is 224 g/mol. The first-order valence-corrected chi connectivity index (χ1v) is 5.62. The summed E-state index contributed by atoms with van der Waals surface area (Å²) in [7, 11) is 1.62. The van der Waals surface area contributed by atoms with E-state index in [1.165, 1.54) is 12.1 Å². The molecule has 0 bridgehead atoms. The minimum absolute atomic E-state index is 0.219. The molecule has 0 aliphatic carbocycles. The molecule has 1 aromatic rings. The SMILES string of the molecule is COC(C)(C)CCC(N)c1cccc(F)c1F. The Morgan fingerprint density at radius 1 is 1.35 bits per heavy atom. The lowest BCUT2D eigenvalue weighted by Gasteiger charge is -2.24. The molecule has 2 N–H and O–H groups in total. The van der Waals surface area contributed by atoms with Gasteiger partial charge in [0.25, 0.3) is 0 Å². The highest BCUT2D eigenvalue weighted by molar-refractivity contribution is 5.22. The molecule has 0 aromatic heterocycles. The first-order valence-electron chi connectivity index (χ1n) is 5.62. The second-order valence-corrected chi connectivity index (χ2v) is 4.75. The van der Waals surface area contributed by atoms with E-state index in [9.17, 15) is 8.78 Å². The molecule has 0 radical (unpaired) electrons. The number of benzene rings is 1. The Labute approximate surface area is 101 Å². The number of nitrogens with two attached hydrogens (primary N) is 1. The summed E-state index contributed by atoms with van der Waals surface area (Å²) in [5.74, 6) is -1.71. The Hall–Kier alpha value is -1.00. The van der Waals surface area contributed by atoms with Gasteiger partial charge in [-0.05, 0) is 32.8 Å². The van der Waals surface area contributed by atoms with Gasteiger partial charge in [0, 0.05) is 18.7 Å². The molecule has 0 spiro atoms.